The second-order valence-corrected chi connectivity index (χ2v) is 5.42. The molecule has 0 radical (unpaired) electrons. The van der Waals surface area contributed by atoms with Gasteiger partial charge in [0.25, 0.3) is 0 Å². The SMILES string of the molecule is NCc1nc(CCc2ccc(Br)cc2)cs1. The molecule has 0 bridgehead atoms. The highest BCUT2D eigenvalue weighted by Crippen LogP contribution is 2.14. The molecule has 16 heavy (non-hydrogen) atoms. The maximum Gasteiger partial charge on any atom is 0.106 e. The standard InChI is InChI=1S/C12H13BrN2S/c13-10-4-1-9(2-5-10)3-6-11-8-16-12(7-14)15-11/h1-2,4-5,8H,3,6-7,14H2. The Kier molecular flexibility index (Phi) is 4.09. The van der Waals surface area contributed by atoms with E-state index in [0.717, 1.165) is 28.0 Å². The van der Waals surface area contributed by atoms with Crippen molar-refractivity contribution in [1.82, 2.24) is 4.98 Å². The number of benzene rings is 1. The van der Waals surface area contributed by atoms with Crippen LogP contribution in [0.1, 0.15) is 16.3 Å². The van der Waals surface area contributed by atoms with Gasteiger partial charge in [0.1, 0.15) is 5.01 Å². The van der Waals surface area contributed by atoms with Crippen LogP contribution in [0.15, 0.2) is 34.1 Å². The Morgan fingerprint density at radius 2 is 1.94 bits per heavy atom. The van der Waals surface area contributed by atoms with E-state index in [1.807, 2.05) is 0 Å². The van der Waals surface area contributed by atoms with Crippen LogP contribution >= 0.6 is 27.3 Å². The lowest BCUT2D eigenvalue weighted by Gasteiger charge is -1.99. The zero-order valence-corrected chi connectivity index (χ0v) is 11.2. The van der Waals surface area contributed by atoms with Gasteiger partial charge >= 0.3 is 0 Å². The Labute approximate surface area is 108 Å². The van der Waals surface area contributed by atoms with Crippen molar-refractivity contribution < 1.29 is 0 Å². The molecular formula is C12H13BrN2S. The van der Waals surface area contributed by atoms with Crippen molar-refractivity contribution in [3.8, 4) is 0 Å². The van der Waals surface area contributed by atoms with E-state index in [0.29, 0.717) is 6.54 Å². The highest BCUT2D eigenvalue weighted by molar-refractivity contribution is 9.10. The summed E-state index contributed by atoms with van der Waals surface area (Å²) in [6, 6.07) is 8.42. The number of aryl methyl sites for hydroxylation is 2. The average Bonchev–Trinajstić information content (AvgIpc) is 2.76. The molecule has 84 valence electrons. The normalized spacial score (nSPS) is 10.6. The number of rotatable bonds is 4. The fraction of sp³-hybridized carbons (Fsp3) is 0.250. The Balaban J connectivity index is 1.94. The number of thiazole rings is 1. The minimum atomic E-state index is 0.545. The van der Waals surface area contributed by atoms with Crippen molar-refractivity contribution >= 4 is 27.3 Å². The summed E-state index contributed by atoms with van der Waals surface area (Å²) in [6.45, 7) is 0.545. The van der Waals surface area contributed by atoms with Crippen LogP contribution in [0.2, 0.25) is 0 Å². The van der Waals surface area contributed by atoms with E-state index >= 15 is 0 Å². The summed E-state index contributed by atoms with van der Waals surface area (Å²) in [5.74, 6) is 0. The van der Waals surface area contributed by atoms with Gasteiger partial charge in [0.2, 0.25) is 0 Å². The molecular weight excluding hydrogens is 284 g/mol. The van der Waals surface area contributed by atoms with Gasteiger partial charge in [-0.3, -0.25) is 0 Å². The van der Waals surface area contributed by atoms with Crippen molar-refractivity contribution in [2.75, 3.05) is 0 Å². The summed E-state index contributed by atoms with van der Waals surface area (Å²) in [4.78, 5) is 4.45. The van der Waals surface area contributed by atoms with E-state index in [1.165, 1.54) is 5.56 Å². The summed E-state index contributed by atoms with van der Waals surface area (Å²) in [7, 11) is 0. The molecule has 1 heterocycles. The molecule has 2 aromatic rings. The third-order valence-corrected chi connectivity index (χ3v) is 3.81. The van der Waals surface area contributed by atoms with Crippen LogP contribution in [0.4, 0.5) is 0 Å². The van der Waals surface area contributed by atoms with Crippen molar-refractivity contribution in [2.24, 2.45) is 5.73 Å². The molecule has 0 saturated heterocycles. The smallest absolute Gasteiger partial charge is 0.106 e. The fourth-order valence-corrected chi connectivity index (χ4v) is 2.45. The first-order valence-electron chi connectivity index (χ1n) is 5.15. The van der Waals surface area contributed by atoms with E-state index in [1.54, 1.807) is 11.3 Å². The predicted molar refractivity (Wildman–Crippen MR) is 71.6 cm³/mol. The first kappa shape index (κ1) is 11.8. The maximum absolute atomic E-state index is 5.53. The molecule has 1 aromatic heterocycles. The second-order valence-electron chi connectivity index (χ2n) is 3.56. The van der Waals surface area contributed by atoms with Crippen LogP contribution in [0.5, 0.6) is 0 Å². The molecule has 0 aliphatic carbocycles. The summed E-state index contributed by atoms with van der Waals surface area (Å²) in [5, 5.41) is 3.12. The summed E-state index contributed by atoms with van der Waals surface area (Å²) < 4.78 is 1.12. The van der Waals surface area contributed by atoms with Crippen LogP contribution in [0.3, 0.4) is 0 Å². The van der Waals surface area contributed by atoms with Crippen molar-refractivity contribution in [1.29, 1.82) is 0 Å². The van der Waals surface area contributed by atoms with Crippen molar-refractivity contribution in [3.05, 3.63) is 50.4 Å². The number of hydrogen-bond donors (Lipinski definition) is 1. The molecule has 2 N–H and O–H groups in total. The van der Waals surface area contributed by atoms with Crippen molar-refractivity contribution in [3.63, 3.8) is 0 Å². The van der Waals surface area contributed by atoms with E-state index in [-0.39, 0.29) is 0 Å². The largest absolute Gasteiger partial charge is 0.325 e. The van der Waals surface area contributed by atoms with Gasteiger partial charge in [-0.15, -0.1) is 11.3 Å². The van der Waals surface area contributed by atoms with E-state index < -0.39 is 0 Å². The first-order chi connectivity index (χ1) is 7.78. The quantitative estimate of drug-likeness (QED) is 0.941. The minimum absolute atomic E-state index is 0.545. The lowest BCUT2D eigenvalue weighted by atomic mass is 10.1. The van der Waals surface area contributed by atoms with Gasteiger partial charge in [-0.2, -0.15) is 0 Å². The second kappa shape index (κ2) is 5.57. The monoisotopic (exact) mass is 296 g/mol. The van der Waals surface area contributed by atoms with Gasteiger partial charge < -0.3 is 5.73 Å². The number of aromatic nitrogens is 1. The van der Waals surface area contributed by atoms with Gasteiger partial charge in [0.15, 0.2) is 0 Å². The van der Waals surface area contributed by atoms with Gasteiger partial charge in [-0.1, -0.05) is 28.1 Å². The van der Waals surface area contributed by atoms with Crippen LogP contribution in [-0.4, -0.2) is 4.98 Å². The summed E-state index contributed by atoms with van der Waals surface area (Å²) >= 11 is 5.07. The average molecular weight is 297 g/mol. The van der Waals surface area contributed by atoms with E-state index in [9.17, 15) is 0 Å². The van der Waals surface area contributed by atoms with E-state index in [2.05, 4.69) is 50.6 Å². The van der Waals surface area contributed by atoms with Gasteiger partial charge in [0, 0.05) is 16.4 Å². The predicted octanol–water partition coefficient (Wildman–Crippen LogP) is 3.15. The Morgan fingerprint density at radius 3 is 2.56 bits per heavy atom. The molecule has 0 aliphatic heterocycles. The molecule has 2 rings (SSSR count). The minimum Gasteiger partial charge on any atom is -0.325 e. The highest BCUT2D eigenvalue weighted by atomic mass is 79.9. The first-order valence-corrected chi connectivity index (χ1v) is 6.83. The molecule has 0 amide bonds. The Hall–Kier alpha value is -0.710. The molecule has 0 aliphatic rings. The van der Waals surface area contributed by atoms with E-state index in [4.69, 9.17) is 5.73 Å². The lowest BCUT2D eigenvalue weighted by molar-refractivity contribution is 0.904. The van der Waals surface area contributed by atoms with Crippen LogP contribution in [0, 0.1) is 0 Å². The van der Waals surface area contributed by atoms with Gasteiger partial charge in [0.05, 0.1) is 5.69 Å². The number of hydrogen-bond acceptors (Lipinski definition) is 3. The molecule has 2 nitrogen and oxygen atoms in total. The van der Waals surface area contributed by atoms with Crippen LogP contribution < -0.4 is 5.73 Å². The molecule has 4 heteroatoms. The highest BCUT2D eigenvalue weighted by Gasteiger charge is 2.01. The Bertz CT molecular complexity index is 450. The number of nitrogens with zero attached hydrogens (tertiary/aromatic N) is 1. The molecule has 0 saturated carbocycles. The van der Waals surface area contributed by atoms with Crippen LogP contribution in [-0.2, 0) is 19.4 Å². The molecule has 0 spiro atoms. The van der Waals surface area contributed by atoms with Gasteiger partial charge in [-0.05, 0) is 30.5 Å². The fourth-order valence-electron chi connectivity index (χ4n) is 1.48. The summed E-state index contributed by atoms with van der Waals surface area (Å²) in [6.07, 6.45) is 2.01. The van der Waals surface area contributed by atoms with Crippen molar-refractivity contribution in [2.45, 2.75) is 19.4 Å². The zero-order chi connectivity index (χ0) is 11.4. The molecule has 0 unspecified atom stereocenters. The van der Waals surface area contributed by atoms with Gasteiger partial charge in [-0.25, -0.2) is 4.98 Å². The zero-order valence-electron chi connectivity index (χ0n) is 8.82. The third kappa shape index (κ3) is 3.14. The molecule has 0 fully saturated rings. The topological polar surface area (TPSA) is 38.9 Å². The van der Waals surface area contributed by atoms with Crippen LogP contribution in [0.25, 0.3) is 0 Å². The molecule has 0 atom stereocenters. The number of halogens is 1. The lowest BCUT2D eigenvalue weighted by Crippen LogP contribution is -1.96. The number of nitrogens with two attached hydrogens (primary N) is 1. The summed E-state index contributed by atoms with van der Waals surface area (Å²) in [5.41, 5.74) is 8.01. The Morgan fingerprint density at radius 1 is 1.19 bits per heavy atom. The molecule has 1 aromatic carbocycles. The maximum atomic E-state index is 5.53. The third-order valence-electron chi connectivity index (χ3n) is 2.36.